The van der Waals surface area contributed by atoms with Gasteiger partial charge in [-0.2, -0.15) is 0 Å². The smallest absolute Gasteiger partial charge is 0.151 e. The zero-order valence-electron chi connectivity index (χ0n) is 13.8. The van der Waals surface area contributed by atoms with Crippen LogP contribution in [0.2, 0.25) is 5.02 Å². The Bertz CT molecular complexity index is 1020. The Morgan fingerprint density at radius 1 is 1.23 bits per heavy atom. The van der Waals surface area contributed by atoms with E-state index in [4.69, 9.17) is 16.3 Å². The monoisotopic (exact) mass is 382 g/mol. The number of nitrogens with zero attached hydrogens (tertiary/aromatic N) is 4. The van der Waals surface area contributed by atoms with E-state index >= 15 is 0 Å². The second-order valence-electron chi connectivity index (χ2n) is 6.22. The van der Waals surface area contributed by atoms with Crippen molar-refractivity contribution >= 4 is 28.3 Å². The molecule has 7 heteroatoms. The summed E-state index contributed by atoms with van der Waals surface area (Å²) in [6.07, 6.45) is 7.26. The molecule has 0 bridgehead atoms. The summed E-state index contributed by atoms with van der Waals surface area (Å²) < 4.78 is 7.87. The number of ether oxygens (including phenoxy) is 1. The average molecular weight is 383 g/mol. The topological polar surface area (TPSA) is 52.8 Å². The Labute approximate surface area is 160 Å². The van der Waals surface area contributed by atoms with E-state index < -0.39 is 0 Å². The van der Waals surface area contributed by atoms with Crippen LogP contribution in [0.4, 0.5) is 0 Å². The van der Waals surface area contributed by atoms with Crippen LogP contribution in [0.1, 0.15) is 29.5 Å². The first-order valence-corrected chi connectivity index (χ1v) is 9.67. The fourth-order valence-corrected chi connectivity index (χ4v) is 5.15. The van der Waals surface area contributed by atoms with Crippen molar-refractivity contribution < 1.29 is 4.74 Å². The van der Waals surface area contributed by atoms with Gasteiger partial charge in [0.05, 0.1) is 22.6 Å². The van der Waals surface area contributed by atoms with Crippen LogP contribution < -0.4 is 4.74 Å². The second kappa shape index (κ2) is 6.45. The maximum atomic E-state index is 6.39. The van der Waals surface area contributed by atoms with Crippen molar-refractivity contribution in [2.24, 2.45) is 0 Å². The molecule has 0 aliphatic carbocycles. The van der Waals surface area contributed by atoms with Crippen molar-refractivity contribution in [1.82, 2.24) is 19.7 Å². The molecule has 130 valence electrons. The molecule has 5 rings (SSSR count). The first-order valence-electron chi connectivity index (χ1n) is 8.42. The molecule has 0 radical (unpaired) electrons. The fraction of sp³-hybridized carbons (Fsp3) is 0.211. The quantitative estimate of drug-likeness (QED) is 0.643. The summed E-state index contributed by atoms with van der Waals surface area (Å²) in [7, 11) is 0. The third kappa shape index (κ3) is 2.61. The number of hydrogen-bond donors (Lipinski definition) is 0. The molecule has 0 N–H and O–H groups in total. The summed E-state index contributed by atoms with van der Waals surface area (Å²) in [5.41, 5.74) is 3.39. The van der Waals surface area contributed by atoms with Crippen molar-refractivity contribution in [2.75, 3.05) is 6.61 Å². The van der Waals surface area contributed by atoms with E-state index in [1.807, 2.05) is 52.9 Å². The lowest BCUT2D eigenvalue weighted by atomic mass is 10.0. The molecule has 1 aromatic carbocycles. The summed E-state index contributed by atoms with van der Waals surface area (Å²) in [4.78, 5) is 5.55. The van der Waals surface area contributed by atoms with Crippen molar-refractivity contribution in [2.45, 2.75) is 18.1 Å². The Balaban J connectivity index is 1.52. The molecule has 2 aliphatic heterocycles. The van der Waals surface area contributed by atoms with Gasteiger partial charge in [-0.1, -0.05) is 29.3 Å². The number of hydrogen-bond acceptors (Lipinski definition) is 5. The van der Waals surface area contributed by atoms with Gasteiger partial charge in [0.15, 0.2) is 5.82 Å². The Hall–Kier alpha value is -2.31. The molecule has 1 unspecified atom stereocenters. The average Bonchev–Trinajstić information content (AvgIpc) is 3.26. The molecule has 26 heavy (non-hydrogen) atoms. The molecule has 3 aromatic rings. The fourth-order valence-electron chi connectivity index (χ4n) is 3.46. The van der Waals surface area contributed by atoms with Crippen molar-refractivity contribution in [1.29, 1.82) is 0 Å². The summed E-state index contributed by atoms with van der Waals surface area (Å²) in [6.45, 7) is 0.695. The molecule has 5 nitrogen and oxygen atoms in total. The maximum Gasteiger partial charge on any atom is 0.151 e. The first kappa shape index (κ1) is 15.9. The van der Waals surface area contributed by atoms with Gasteiger partial charge in [0, 0.05) is 29.3 Å². The number of para-hydroxylation sites is 1. The van der Waals surface area contributed by atoms with Gasteiger partial charge in [-0.3, -0.25) is 9.55 Å². The van der Waals surface area contributed by atoms with Crippen molar-refractivity contribution in [3.8, 4) is 11.4 Å². The highest BCUT2D eigenvalue weighted by Gasteiger charge is 2.33. The molecule has 0 saturated heterocycles. The predicted molar refractivity (Wildman–Crippen MR) is 103 cm³/mol. The minimum atomic E-state index is 0.199. The second-order valence-corrected chi connectivity index (χ2v) is 7.84. The Morgan fingerprint density at radius 2 is 2.15 bits per heavy atom. The lowest BCUT2D eigenvalue weighted by Gasteiger charge is -2.14. The van der Waals surface area contributed by atoms with Crippen LogP contribution in [0.3, 0.4) is 0 Å². The van der Waals surface area contributed by atoms with E-state index in [-0.39, 0.29) is 5.25 Å². The third-order valence-corrected chi connectivity index (χ3v) is 6.40. The van der Waals surface area contributed by atoms with E-state index in [1.54, 1.807) is 12.5 Å². The molecular formula is C19H15ClN4OS. The van der Waals surface area contributed by atoms with Gasteiger partial charge in [0.1, 0.15) is 12.1 Å². The highest BCUT2D eigenvalue weighted by Crippen LogP contribution is 2.54. The number of thioether (sulfide) groups is 1. The van der Waals surface area contributed by atoms with Gasteiger partial charge in [-0.05, 0) is 24.6 Å². The SMILES string of the molecule is Clc1ccccc1-n1cnnc1C1CC2=C(S1)c1cnccc1OCC2. The van der Waals surface area contributed by atoms with Crippen LogP contribution in [0, 0.1) is 0 Å². The molecule has 4 heterocycles. The predicted octanol–water partition coefficient (Wildman–Crippen LogP) is 4.69. The van der Waals surface area contributed by atoms with E-state index in [9.17, 15) is 0 Å². The Kier molecular flexibility index (Phi) is 3.94. The van der Waals surface area contributed by atoms with Crippen LogP contribution in [0.5, 0.6) is 5.75 Å². The number of benzene rings is 1. The van der Waals surface area contributed by atoms with Gasteiger partial charge in [0.2, 0.25) is 0 Å². The van der Waals surface area contributed by atoms with Gasteiger partial charge in [-0.25, -0.2) is 0 Å². The first-order chi connectivity index (χ1) is 12.8. The number of pyridine rings is 1. The van der Waals surface area contributed by atoms with E-state index in [0.717, 1.165) is 35.7 Å². The van der Waals surface area contributed by atoms with Gasteiger partial charge < -0.3 is 4.74 Å². The number of rotatable bonds is 2. The number of halogens is 1. The summed E-state index contributed by atoms with van der Waals surface area (Å²) >= 11 is 8.20. The van der Waals surface area contributed by atoms with E-state index in [2.05, 4.69) is 15.2 Å². The normalized spacial score (nSPS) is 18.9. The van der Waals surface area contributed by atoms with E-state index in [0.29, 0.717) is 11.6 Å². The molecule has 0 saturated carbocycles. The zero-order chi connectivity index (χ0) is 17.5. The summed E-state index contributed by atoms with van der Waals surface area (Å²) in [5, 5.41) is 9.45. The van der Waals surface area contributed by atoms with Gasteiger partial charge in [0.25, 0.3) is 0 Å². The zero-order valence-corrected chi connectivity index (χ0v) is 15.4. The Morgan fingerprint density at radius 3 is 3.08 bits per heavy atom. The molecule has 0 amide bonds. The minimum Gasteiger partial charge on any atom is -0.492 e. The van der Waals surface area contributed by atoms with E-state index in [1.165, 1.54) is 10.5 Å². The summed E-state index contributed by atoms with van der Waals surface area (Å²) in [5.74, 6) is 1.83. The van der Waals surface area contributed by atoms with Gasteiger partial charge >= 0.3 is 0 Å². The highest BCUT2D eigenvalue weighted by molar-refractivity contribution is 8.08. The van der Waals surface area contributed by atoms with Crippen LogP contribution in [0.25, 0.3) is 10.6 Å². The molecule has 2 aliphatic rings. The van der Waals surface area contributed by atoms with Crippen LogP contribution in [-0.4, -0.2) is 26.4 Å². The highest BCUT2D eigenvalue weighted by atomic mass is 35.5. The molecule has 0 spiro atoms. The third-order valence-electron chi connectivity index (χ3n) is 4.67. The van der Waals surface area contributed by atoms with Gasteiger partial charge in [-0.15, -0.1) is 22.0 Å². The largest absolute Gasteiger partial charge is 0.492 e. The maximum absolute atomic E-state index is 6.39. The van der Waals surface area contributed by atoms with Crippen molar-refractivity contribution in [3.63, 3.8) is 0 Å². The minimum absolute atomic E-state index is 0.199. The molecular weight excluding hydrogens is 368 g/mol. The summed E-state index contributed by atoms with van der Waals surface area (Å²) in [6, 6.07) is 9.70. The standard InChI is InChI=1S/C19H15ClN4OS/c20-14-3-1-2-4-15(14)24-11-22-23-19(24)17-9-12-6-8-25-16-5-7-21-10-13(16)18(12)26-17/h1-5,7,10-11,17H,6,8-9H2. The van der Waals surface area contributed by atoms with Crippen molar-refractivity contribution in [3.05, 3.63) is 71.0 Å². The molecule has 0 fully saturated rings. The lowest BCUT2D eigenvalue weighted by Crippen LogP contribution is -2.05. The van der Waals surface area contributed by atoms with Crippen LogP contribution in [0.15, 0.2) is 54.6 Å². The number of aromatic nitrogens is 4. The lowest BCUT2D eigenvalue weighted by molar-refractivity contribution is 0.322. The number of fused-ring (bicyclic) bond motifs is 2. The van der Waals surface area contributed by atoms with Crippen LogP contribution >= 0.6 is 23.4 Å². The molecule has 1 atom stereocenters. The van der Waals surface area contributed by atoms with Crippen LogP contribution in [-0.2, 0) is 0 Å². The molecule has 2 aromatic heterocycles.